The molecule has 1 saturated carbocycles. The summed E-state index contributed by atoms with van der Waals surface area (Å²) in [6.45, 7) is 3.52. The van der Waals surface area contributed by atoms with Crippen LogP contribution >= 0.6 is 0 Å². The second-order valence-electron chi connectivity index (χ2n) is 5.66. The molecular weight excluding hydrogens is 222 g/mol. The summed E-state index contributed by atoms with van der Waals surface area (Å²) in [4.78, 5) is 0. The summed E-state index contributed by atoms with van der Waals surface area (Å²) in [7, 11) is 0. The molecule has 18 heavy (non-hydrogen) atoms. The Balaban J connectivity index is 1.57. The highest BCUT2D eigenvalue weighted by atomic mass is 16.3. The zero-order valence-corrected chi connectivity index (χ0v) is 11.3. The van der Waals surface area contributed by atoms with Gasteiger partial charge in [0.1, 0.15) is 0 Å². The second kappa shape index (κ2) is 6.91. The lowest BCUT2D eigenvalue weighted by Crippen LogP contribution is -2.40. The van der Waals surface area contributed by atoms with Crippen LogP contribution in [0.25, 0.3) is 0 Å². The summed E-state index contributed by atoms with van der Waals surface area (Å²) in [5, 5.41) is 12.6. The van der Waals surface area contributed by atoms with E-state index in [2.05, 4.69) is 42.6 Å². The smallest absolute Gasteiger partial charge is 0.0456 e. The minimum atomic E-state index is 0.319. The van der Waals surface area contributed by atoms with Gasteiger partial charge in [-0.3, -0.25) is 0 Å². The minimum absolute atomic E-state index is 0.319. The van der Waals surface area contributed by atoms with Crippen LogP contribution in [-0.4, -0.2) is 24.3 Å². The Labute approximate surface area is 110 Å². The van der Waals surface area contributed by atoms with E-state index in [1.54, 1.807) is 0 Å². The van der Waals surface area contributed by atoms with E-state index in [1.807, 2.05) is 0 Å². The van der Waals surface area contributed by atoms with Crippen molar-refractivity contribution in [2.24, 2.45) is 5.92 Å². The maximum absolute atomic E-state index is 8.94. The number of nitrogens with one attached hydrogen (secondary N) is 1. The Hall–Kier alpha value is -0.860. The lowest BCUT2D eigenvalue weighted by atomic mass is 9.76. The van der Waals surface area contributed by atoms with Crippen molar-refractivity contribution in [3.8, 4) is 0 Å². The fourth-order valence-corrected chi connectivity index (χ4v) is 2.63. The summed E-state index contributed by atoms with van der Waals surface area (Å²) >= 11 is 0. The third-order valence-corrected chi connectivity index (χ3v) is 4.03. The van der Waals surface area contributed by atoms with Crippen LogP contribution in [0.5, 0.6) is 0 Å². The molecule has 0 aliphatic heterocycles. The van der Waals surface area contributed by atoms with Gasteiger partial charge in [0.15, 0.2) is 0 Å². The summed E-state index contributed by atoms with van der Waals surface area (Å²) in [5.41, 5.74) is 1.49. The molecule has 0 amide bonds. The number of hydrogen-bond donors (Lipinski definition) is 2. The largest absolute Gasteiger partial charge is 0.396 e. The van der Waals surface area contributed by atoms with Gasteiger partial charge in [-0.15, -0.1) is 0 Å². The molecule has 0 bridgehead atoms. The predicted octanol–water partition coefficient (Wildman–Crippen LogP) is 2.93. The molecule has 1 aromatic carbocycles. The quantitative estimate of drug-likeness (QED) is 0.726. The van der Waals surface area contributed by atoms with Gasteiger partial charge in [-0.2, -0.15) is 0 Å². The van der Waals surface area contributed by atoms with Gasteiger partial charge in [0.05, 0.1) is 0 Å². The molecule has 2 rings (SSSR count). The van der Waals surface area contributed by atoms with Crippen LogP contribution < -0.4 is 5.32 Å². The van der Waals surface area contributed by atoms with Crippen LogP contribution in [0.4, 0.5) is 0 Å². The first kappa shape index (κ1) is 13.6. The first-order valence-electron chi connectivity index (χ1n) is 7.18. The number of hydrogen-bond acceptors (Lipinski definition) is 2. The number of aliphatic hydroxyl groups is 1. The van der Waals surface area contributed by atoms with E-state index < -0.39 is 0 Å². The Bertz CT molecular complexity index is 332. The molecule has 0 saturated heterocycles. The van der Waals surface area contributed by atoms with Crippen molar-refractivity contribution in [3.05, 3.63) is 35.9 Å². The Kier molecular flexibility index (Phi) is 5.21. The Morgan fingerprint density at radius 2 is 2.00 bits per heavy atom. The van der Waals surface area contributed by atoms with Crippen molar-refractivity contribution < 1.29 is 5.11 Å². The molecule has 1 aliphatic rings. The molecule has 1 aliphatic carbocycles. The monoisotopic (exact) mass is 247 g/mol. The van der Waals surface area contributed by atoms with Crippen molar-refractivity contribution >= 4 is 0 Å². The van der Waals surface area contributed by atoms with E-state index in [0.717, 1.165) is 18.9 Å². The number of aliphatic hydroxyl groups excluding tert-OH is 1. The third kappa shape index (κ3) is 3.82. The average molecular weight is 247 g/mol. The summed E-state index contributed by atoms with van der Waals surface area (Å²) in [6.07, 6.45) is 4.85. The molecule has 1 atom stereocenters. The van der Waals surface area contributed by atoms with Crippen LogP contribution in [-0.2, 0) is 0 Å². The standard InChI is InChI=1S/C16H25NO/c1-13(12-18)6-5-9-17-16-10-15(11-16)14-7-3-2-4-8-14/h2-4,7-8,13,15-18H,5-6,9-12H2,1H3. The van der Waals surface area contributed by atoms with Crippen molar-refractivity contribution in [3.63, 3.8) is 0 Å². The second-order valence-corrected chi connectivity index (χ2v) is 5.66. The molecule has 1 fully saturated rings. The molecule has 2 N–H and O–H groups in total. The summed E-state index contributed by atoms with van der Waals surface area (Å²) in [6, 6.07) is 11.5. The Morgan fingerprint density at radius 3 is 2.67 bits per heavy atom. The first-order valence-corrected chi connectivity index (χ1v) is 7.18. The van der Waals surface area contributed by atoms with E-state index in [9.17, 15) is 0 Å². The molecular formula is C16H25NO. The molecule has 1 aromatic rings. The number of benzene rings is 1. The van der Waals surface area contributed by atoms with Crippen LogP contribution in [0.2, 0.25) is 0 Å². The SMILES string of the molecule is CC(CO)CCCNC1CC(c2ccccc2)C1. The molecule has 2 nitrogen and oxygen atoms in total. The maximum Gasteiger partial charge on any atom is 0.0456 e. The highest BCUT2D eigenvalue weighted by Crippen LogP contribution is 2.36. The van der Waals surface area contributed by atoms with Gasteiger partial charge in [0.2, 0.25) is 0 Å². The van der Waals surface area contributed by atoms with Crippen molar-refractivity contribution in [1.82, 2.24) is 5.32 Å². The van der Waals surface area contributed by atoms with E-state index in [4.69, 9.17) is 5.11 Å². The van der Waals surface area contributed by atoms with Crippen molar-refractivity contribution in [2.75, 3.05) is 13.2 Å². The average Bonchev–Trinajstić information content (AvgIpc) is 2.37. The van der Waals surface area contributed by atoms with Gasteiger partial charge in [-0.1, -0.05) is 37.3 Å². The van der Waals surface area contributed by atoms with Gasteiger partial charge in [0, 0.05) is 12.6 Å². The van der Waals surface area contributed by atoms with Crippen LogP contribution in [0.1, 0.15) is 44.1 Å². The molecule has 0 radical (unpaired) electrons. The fourth-order valence-electron chi connectivity index (χ4n) is 2.63. The number of rotatable bonds is 7. The van der Waals surface area contributed by atoms with E-state index in [0.29, 0.717) is 18.6 Å². The van der Waals surface area contributed by atoms with Crippen LogP contribution in [0.3, 0.4) is 0 Å². The van der Waals surface area contributed by atoms with Gasteiger partial charge < -0.3 is 10.4 Å². The minimum Gasteiger partial charge on any atom is -0.396 e. The van der Waals surface area contributed by atoms with E-state index in [1.165, 1.54) is 24.8 Å². The molecule has 2 heteroatoms. The zero-order chi connectivity index (χ0) is 12.8. The lowest BCUT2D eigenvalue weighted by Gasteiger charge is -2.36. The predicted molar refractivity (Wildman–Crippen MR) is 75.7 cm³/mol. The summed E-state index contributed by atoms with van der Waals surface area (Å²) in [5.74, 6) is 1.21. The third-order valence-electron chi connectivity index (χ3n) is 4.03. The molecule has 100 valence electrons. The van der Waals surface area contributed by atoms with Gasteiger partial charge >= 0.3 is 0 Å². The van der Waals surface area contributed by atoms with Crippen LogP contribution in [0.15, 0.2) is 30.3 Å². The molecule has 0 aromatic heterocycles. The van der Waals surface area contributed by atoms with Crippen molar-refractivity contribution in [1.29, 1.82) is 0 Å². The van der Waals surface area contributed by atoms with E-state index >= 15 is 0 Å². The lowest BCUT2D eigenvalue weighted by molar-refractivity contribution is 0.225. The topological polar surface area (TPSA) is 32.3 Å². The Morgan fingerprint density at radius 1 is 1.28 bits per heavy atom. The molecule has 0 heterocycles. The first-order chi connectivity index (χ1) is 8.79. The zero-order valence-electron chi connectivity index (χ0n) is 11.3. The summed E-state index contributed by atoms with van der Waals surface area (Å²) < 4.78 is 0. The van der Waals surface area contributed by atoms with E-state index in [-0.39, 0.29) is 0 Å². The highest BCUT2D eigenvalue weighted by molar-refractivity contribution is 5.22. The maximum atomic E-state index is 8.94. The fraction of sp³-hybridized carbons (Fsp3) is 0.625. The van der Waals surface area contributed by atoms with Crippen LogP contribution in [0, 0.1) is 5.92 Å². The van der Waals surface area contributed by atoms with Gasteiger partial charge in [-0.05, 0) is 49.6 Å². The van der Waals surface area contributed by atoms with Crippen molar-refractivity contribution in [2.45, 2.75) is 44.6 Å². The van der Waals surface area contributed by atoms with Gasteiger partial charge in [0.25, 0.3) is 0 Å². The van der Waals surface area contributed by atoms with Gasteiger partial charge in [-0.25, -0.2) is 0 Å². The molecule has 0 spiro atoms. The normalized spacial score (nSPS) is 24.6. The molecule has 1 unspecified atom stereocenters. The highest BCUT2D eigenvalue weighted by Gasteiger charge is 2.29.